The Labute approximate surface area is 168 Å². The van der Waals surface area contributed by atoms with Crippen molar-refractivity contribution in [3.8, 4) is 0 Å². The Morgan fingerprint density at radius 3 is 2.14 bits per heavy atom. The summed E-state index contributed by atoms with van der Waals surface area (Å²) in [4.78, 5) is 12.8. The number of hydrogen-bond acceptors (Lipinski definition) is 3. The largest absolute Gasteiger partial charge is 0.348 e. The number of rotatable bonds is 7. The predicted octanol–water partition coefficient (Wildman–Crippen LogP) is 3.90. The van der Waals surface area contributed by atoms with Gasteiger partial charge in [0, 0.05) is 0 Å². The van der Waals surface area contributed by atoms with Crippen molar-refractivity contribution in [3.05, 3.63) is 64.7 Å². The van der Waals surface area contributed by atoms with Crippen LogP contribution >= 0.6 is 0 Å². The van der Waals surface area contributed by atoms with Gasteiger partial charge in [0.2, 0.25) is 15.9 Å². The summed E-state index contributed by atoms with van der Waals surface area (Å²) in [6.45, 7) is 9.48. The van der Waals surface area contributed by atoms with Gasteiger partial charge in [-0.2, -0.15) is 0 Å². The Morgan fingerprint density at radius 2 is 1.64 bits per heavy atom. The van der Waals surface area contributed by atoms with E-state index in [1.807, 2.05) is 51.1 Å². The molecule has 0 aliphatic heterocycles. The fraction of sp³-hybridized carbons (Fsp3) is 0.409. The highest BCUT2D eigenvalue weighted by atomic mass is 32.2. The second-order valence-electron chi connectivity index (χ2n) is 7.33. The van der Waals surface area contributed by atoms with Gasteiger partial charge in [0.15, 0.2) is 0 Å². The molecular formula is C22H30N2O3S. The molecule has 1 amide bonds. The van der Waals surface area contributed by atoms with Crippen molar-refractivity contribution in [1.82, 2.24) is 5.32 Å². The van der Waals surface area contributed by atoms with Gasteiger partial charge >= 0.3 is 0 Å². The smallest absolute Gasteiger partial charge is 0.244 e. The summed E-state index contributed by atoms with van der Waals surface area (Å²) >= 11 is 0. The standard InChI is InChI=1S/C22H30N2O3S/c1-7-19-9-11-20(12-10-19)17(4)23-22(25)18(5)24(28(6,26)27)21-13-8-15(2)16(3)14-21/h8-14,17-18H,7H2,1-6H3,(H,23,25)/t17-,18+/m0/s1. The Morgan fingerprint density at radius 1 is 1.04 bits per heavy atom. The first-order valence-electron chi connectivity index (χ1n) is 9.50. The van der Waals surface area contributed by atoms with E-state index in [1.165, 1.54) is 9.87 Å². The minimum absolute atomic E-state index is 0.220. The third kappa shape index (κ3) is 5.13. The number of amides is 1. The highest BCUT2D eigenvalue weighted by molar-refractivity contribution is 7.92. The number of nitrogens with one attached hydrogen (secondary N) is 1. The van der Waals surface area contributed by atoms with Crippen LogP contribution < -0.4 is 9.62 Å². The van der Waals surface area contributed by atoms with Crippen LogP contribution in [-0.4, -0.2) is 26.6 Å². The van der Waals surface area contributed by atoms with Crippen molar-refractivity contribution in [1.29, 1.82) is 0 Å². The molecule has 0 aromatic heterocycles. The lowest BCUT2D eigenvalue weighted by Gasteiger charge is -2.29. The molecule has 2 aromatic rings. The van der Waals surface area contributed by atoms with Crippen molar-refractivity contribution < 1.29 is 13.2 Å². The van der Waals surface area contributed by atoms with Crippen molar-refractivity contribution in [2.75, 3.05) is 10.6 Å². The van der Waals surface area contributed by atoms with Crippen molar-refractivity contribution in [2.24, 2.45) is 0 Å². The molecule has 0 saturated heterocycles. The molecule has 2 rings (SSSR count). The molecule has 0 fully saturated rings. The van der Waals surface area contributed by atoms with E-state index in [1.54, 1.807) is 19.1 Å². The molecule has 2 aromatic carbocycles. The van der Waals surface area contributed by atoms with E-state index in [0.29, 0.717) is 5.69 Å². The summed E-state index contributed by atoms with van der Waals surface area (Å²) in [6.07, 6.45) is 2.08. The van der Waals surface area contributed by atoms with Crippen LogP contribution in [0.15, 0.2) is 42.5 Å². The summed E-state index contributed by atoms with van der Waals surface area (Å²) in [7, 11) is -3.63. The van der Waals surface area contributed by atoms with E-state index in [9.17, 15) is 13.2 Å². The van der Waals surface area contributed by atoms with E-state index >= 15 is 0 Å². The summed E-state index contributed by atoms with van der Waals surface area (Å²) in [5.41, 5.74) is 4.75. The number of nitrogens with zero attached hydrogens (tertiary/aromatic N) is 1. The molecular weight excluding hydrogens is 372 g/mol. The van der Waals surface area contributed by atoms with E-state index in [2.05, 4.69) is 12.2 Å². The molecule has 152 valence electrons. The minimum atomic E-state index is -3.63. The van der Waals surface area contributed by atoms with Gasteiger partial charge in [0.05, 0.1) is 18.0 Å². The fourth-order valence-electron chi connectivity index (χ4n) is 3.13. The zero-order valence-corrected chi connectivity index (χ0v) is 18.3. The van der Waals surface area contributed by atoms with Gasteiger partial charge in [-0.25, -0.2) is 8.42 Å². The molecule has 2 atom stereocenters. The zero-order chi connectivity index (χ0) is 21.1. The number of carbonyl (C=O) groups is 1. The average Bonchev–Trinajstić information content (AvgIpc) is 2.63. The first-order valence-corrected chi connectivity index (χ1v) is 11.3. The normalized spacial score (nSPS) is 13.6. The molecule has 5 nitrogen and oxygen atoms in total. The van der Waals surface area contributed by atoms with Crippen LogP contribution in [0.1, 0.15) is 49.1 Å². The maximum Gasteiger partial charge on any atom is 0.244 e. The Hall–Kier alpha value is -2.34. The second kappa shape index (κ2) is 8.78. The number of aryl methyl sites for hydroxylation is 3. The molecule has 0 unspecified atom stereocenters. The third-order valence-electron chi connectivity index (χ3n) is 5.08. The van der Waals surface area contributed by atoms with Crippen LogP contribution in [0.3, 0.4) is 0 Å². The molecule has 1 N–H and O–H groups in total. The van der Waals surface area contributed by atoms with Gasteiger partial charge < -0.3 is 5.32 Å². The Bertz CT molecular complexity index is 937. The molecule has 0 bridgehead atoms. The topological polar surface area (TPSA) is 66.5 Å². The van der Waals surface area contributed by atoms with Gasteiger partial charge in [0.25, 0.3) is 0 Å². The Balaban J connectivity index is 2.24. The van der Waals surface area contributed by atoms with Crippen LogP contribution in [0.25, 0.3) is 0 Å². The van der Waals surface area contributed by atoms with E-state index in [4.69, 9.17) is 0 Å². The summed E-state index contributed by atoms with van der Waals surface area (Å²) in [5, 5.41) is 2.94. The van der Waals surface area contributed by atoms with Crippen molar-refractivity contribution in [2.45, 2.75) is 53.1 Å². The number of anilines is 1. The molecule has 0 aliphatic rings. The number of benzene rings is 2. The van der Waals surface area contributed by atoms with Crippen LogP contribution in [-0.2, 0) is 21.2 Å². The summed E-state index contributed by atoms with van der Waals surface area (Å²) < 4.78 is 26.1. The van der Waals surface area contributed by atoms with Crippen molar-refractivity contribution in [3.63, 3.8) is 0 Å². The van der Waals surface area contributed by atoms with Gasteiger partial charge in [-0.05, 0) is 68.5 Å². The van der Waals surface area contributed by atoms with Gasteiger partial charge in [-0.15, -0.1) is 0 Å². The molecule has 0 spiro atoms. The summed E-state index contributed by atoms with van der Waals surface area (Å²) in [5.74, 6) is -0.337. The van der Waals surface area contributed by atoms with Crippen LogP contribution in [0.5, 0.6) is 0 Å². The molecule has 28 heavy (non-hydrogen) atoms. The zero-order valence-electron chi connectivity index (χ0n) is 17.5. The molecule has 0 saturated carbocycles. The van der Waals surface area contributed by atoms with Gasteiger partial charge in [-0.1, -0.05) is 37.3 Å². The van der Waals surface area contributed by atoms with Crippen LogP contribution in [0, 0.1) is 13.8 Å². The number of hydrogen-bond donors (Lipinski definition) is 1. The monoisotopic (exact) mass is 402 g/mol. The SMILES string of the molecule is CCc1ccc([C@H](C)NC(=O)[C@@H](C)N(c2ccc(C)c(C)c2)S(C)(=O)=O)cc1. The van der Waals surface area contributed by atoms with Crippen LogP contribution in [0.2, 0.25) is 0 Å². The van der Waals surface area contributed by atoms with E-state index < -0.39 is 16.1 Å². The first kappa shape index (κ1) is 22.0. The molecule has 0 aliphatic carbocycles. The molecule has 6 heteroatoms. The lowest BCUT2D eigenvalue weighted by Crippen LogP contribution is -2.48. The molecule has 0 heterocycles. The number of carbonyl (C=O) groups excluding carboxylic acids is 1. The van der Waals surface area contributed by atoms with Gasteiger partial charge in [-0.3, -0.25) is 9.10 Å². The lowest BCUT2D eigenvalue weighted by atomic mass is 10.0. The lowest BCUT2D eigenvalue weighted by molar-refractivity contribution is -0.122. The number of sulfonamides is 1. The highest BCUT2D eigenvalue weighted by Gasteiger charge is 2.30. The quantitative estimate of drug-likeness (QED) is 0.764. The van der Waals surface area contributed by atoms with Gasteiger partial charge in [0.1, 0.15) is 6.04 Å². The minimum Gasteiger partial charge on any atom is -0.348 e. The average molecular weight is 403 g/mol. The Kier molecular flexibility index (Phi) is 6.88. The first-order chi connectivity index (χ1) is 13.0. The van der Waals surface area contributed by atoms with Crippen molar-refractivity contribution >= 4 is 21.6 Å². The predicted molar refractivity (Wildman–Crippen MR) is 115 cm³/mol. The van der Waals surface area contributed by atoms with E-state index in [0.717, 1.165) is 29.4 Å². The molecule has 0 radical (unpaired) electrons. The summed E-state index contributed by atoms with van der Waals surface area (Å²) in [6, 6.07) is 12.4. The van der Waals surface area contributed by atoms with E-state index in [-0.39, 0.29) is 11.9 Å². The fourth-order valence-corrected chi connectivity index (χ4v) is 4.30. The third-order valence-corrected chi connectivity index (χ3v) is 6.32. The second-order valence-corrected chi connectivity index (χ2v) is 9.19. The maximum absolute atomic E-state index is 12.8. The van der Waals surface area contributed by atoms with Crippen LogP contribution in [0.4, 0.5) is 5.69 Å². The maximum atomic E-state index is 12.8. The highest BCUT2D eigenvalue weighted by Crippen LogP contribution is 2.24.